The molecule has 176 valence electrons. The van der Waals surface area contributed by atoms with Crippen molar-refractivity contribution in [1.82, 2.24) is 4.98 Å². The molecule has 0 amide bonds. The molecule has 4 rings (SSSR count). The van der Waals surface area contributed by atoms with E-state index in [9.17, 15) is 22.8 Å². The van der Waals surface area contributed by atoms with Crippen LogP contribution in [0.3, 0.4) is 0 Å². The molecule has 0 spiro atoms. The van der Waals surface area contributed by atoms with Crippen LogP contribution >= 0.6 is 11.6 Å². The predicted molar refractivity (Wildman–Crippen MR) is 115 cm³/mol. The van der Waals surface area contributed by atoms with Gasteiger partial charge in [-0.25, -0.2) is 4.98 Å². The first-order valence-electron chi connectivity index (χ1n) is 10.5. The Labute approximate surface area is 194 Å². The van der Waals surface area contributed by atoms with E-state index in [0.717, 1.165) is 30.7 Å². The molecule has 1 aliphatic heterocycles. The topological polar surface area (TPSA) is 65.5 Å². The summed E-state index contributed by atoms with van der Waals surface area (Å²) in [4.78, 5) is 30.2. The summed E-state index contributed by atoms with van der Waals surface area (Å²) < 4.78 is 51.7. The molecule has 5 nitrogen and oxygen atoms in total. The first kappa shape index (κ1) is 23.7. The molecule has 0 atom stereocenters. The summed E-state index contributed by atoms with van der Waals surface area (Å²) in [6.45, 7) is 6.45. The SMILES string of the molecule is CC1(C)OC(C)(C)C(=O)C(c2cc(Oc3ncc(Cl)cc3C(F)(F)F)ccc2C2CC2)C1=O. The number of carbonyl (C=O) groups excluding carboxylic acids is 2. The molecule has 2 aromatic rings. The van der Waals surface area contributed by atoms with E-state index in [4.69, 9.17) is 21.1 Å². The van der Waals surface area contributed by atoms with Crippen LogP contribution in [0.25, 0.3) is 0 Å². The number of hydrogen-bond acceptors (Lipinski definition) is 5. The average Bonchev–Trinajstić information content (AvgIpc) is 3.52. The van der Waals surface area contributed by atoms with Gasteiger partial charge in [-0.05, 0) is 75.8 Å². The number of rotatable bonds is 4. The molecule has 1 aromatic heterocycles. The van der Waals surface area contributed by atoms with E-state index in [0.29, 0.717) is 5.56 Å². The highest BCUT2D eigenvalue weighted by Crippen LogP contribution is 2.48. The van der Waals surface area contributed by atoms with Crippen molar-refractivity contribution in [1.29, 1.82) is 0 Å². The van der Waals surface area contributed by atoms with Crippen LogP contribution in [-0.4, -0.2) is 27.8 Å². The maximum absolute atomic E-state index is 13.5. The first-order chi connectivity index (χ1) is 15.2. The minimum absolute atomic E-state index is 0.0393. The number of ketones is 2. The molecule has 33 heavy (non-hydrogen) atoms. The normalized spacial score (nSPS) is 20.7. The Balaban J connectivity index is 1.80. The van der Waals surface area contributed by atoms with E-state index in [2.05, 4.69) is 4.98 Å². The fourth-order valence-electron chi connectivity index (χ4n) is 4.29. The van der Waals surface area contributed by atoms with E-state index < -0.39 is 46.3 Å². The maximum Gasteiger partial charge on any atom is 0.421 e. The van der Waals surface area contributed by atoms with Crippen LogP contribution in [0.5, 0.6) is 11.6 Å². The first-order valence-corrected chi connectivity index (χ1v) is 10.9. The lowest BCUT2D eigenvalue weighted by atomic mass is 9.73. The van der Waals surface area contributed by atoms with Crippen molar-refractivity contribution in [2.75, 3.05) is 0 Å². The highest BCUT2D eigenvalue weighted by molar-refractivity contribution is 6.30. The Morgan fingerprint density at radius 3 is 2.18 bits per heavy atom. The Morgan fingerprint density at radius 2 is 1.64 bits per heavy atom. The van der Waals surface area contributed by atoms with Gasteiger partial charge in [0.05, 0.1) is 5.02 Å². The second kappa shape index (κ2) is 7.81. The molecule has 0 radical (unpaired) electrons. The van der Waals surface area contributed by atoms with Gasteiger partial charge >= 0.3 is 6.18 Å². The number of aromatic nitrogens is 1. The van der Waals surface area contributed by atoms with E-state index in [1.807, 2.05) is 0 Å². The largest absolute Gasteiger partial charge is 0.438 e. The van der Waals surface area contributed by atoms with Crippen molar-refractivity contribution in [3.63, 3.8) is 0 Å². The minimum Gasteiger partial charge on any atom is -0.438 e. The lowest BCUT2D eigenvalue weighted by Gasteiger charge is -2.43. The molecule has 1 aliphatic carbocycles. The molecule has 0 unspecified atom stereocenters. The Morgan fingerprint density at radius 1 is 1.03 bits per heavy atom. The molecule has 9 heteroatoms. The van der Waals surface area contributed by atoms with E-state index in [1.54, 1.807) is 33.8 Å². The smallest absolute Gasteiger partial charge is 0.421 e. The zero-order valence-corrected chi connectivity index (χ0v) is 19.3. The van der Waals surface area contributed by atoms with Gasteiger partial charge in [0.2, 0.25) is 5.88 Å². The summed E-state index contributed by atoms with van der Waals surface area (Å²) in [7, 11) is 0. The maximum atomic E-state index is 13.5. The number of ether oxygens (including phenoxy) is 2. The molecule has 0 bridgehead atoms. The summed E-state index contributed by atoms with van der Waals surface area (Å²) in [5.74, 6) is -2.34. The molecule has 0 N–H and O–H groups in total. The van der Waals surface area contributed by atoms with Crippen molar-refractivity contribution in [3.05, 3.63) is 52.2 Å². The number of nitrogens with zero attached hydrogens (tertiary/aromatic N) is 1. The second-order valence-electron chi connectivity index (χ2n) is 9.46. The van der Waals surface area contributed by atoms with Gasteiger partial charge in [0.1, 0.15) is 28.4 Å². The fourth-order valence-corrected chi connectivity index (χ4v) is 4.45. The zero-order chi connectivity index (χ0) is 24.3. The highest BCUT2D eigenvalue weighted by atomic mass is 35.5. The van der Waals surface area contributed by atoms with Crippen LogP contribution in [0.15, 0.2) is 30.5 Å². The average molecular weight is 482 g/mol. The van der Waals surface area contributed by atoms with Gasteiger partial charge in [-0.2, -0.15) is 13.2 Å². The molecule has 2 heterocycles. The van der Waals surface area contributed by atoms with Crippen LogP contribution in [0.1, 0.15) is 69.1 Å². The Hall–Kier alpha value is -2.45. The lowest BCUT2D eigenvalue weighted by molar-refractivity contribution is -0.184. The van der Waals surface area contributed by atoms with Gasteiger partial charge in [0.15, 0.2) is 11.6 Å². The number of pyridine rings is 1. The Bertz CT molecular complexity index is 1110. The van der Waals surface area contributed by atoms with Gasteiger partial charge in [0, 0.05) is 6.20 Å². The summed E-state index contributed by atoms with van der Waals surface area (Å²) in [6.07, 6.45) is -1.86. The molecular weight excluding hydrogens is 459 g/mol. The van der Waals surface area contributed by atoms with Crippen molar-refractivity contribution in [2.45, 2.75) is 69.8 Å². The van der Waals surface area contributed by atoms with Crippen molar-refractivity contribution >= 4 is 23.2 Å². The van der Waals surface area contributed by atoms with Crippen molar-refractivity contribution in [3.8, 4) is 11.6 Å². The van der Waals surface area contributed by atoms with Crippen molar-refractivity contribution in [2.24, 2.45) is 0 Å². The predicted octanol–water partition coefficient (Wildman–Crippen LogP) is 6.23. The fraction of sp³-hybridized carbons (Fsp3) is 0.458. The van der Waals surface area contributed by atoms with Gasteiger partial charge in [-0.3, -0.25) is 9.59 Å². The third-order valence-electron chi connectivity index (χ3n) is 5.95. The van der Waals surface area contributed by atoms with Gasteiger partial charge < -0.3 is 9.47 Å². The van der Waals surface area contributed by atoms with E-state index in [-0.39, 0.29) is 16.7 Å². The monoisotopic (exact) mass is 481 g/mol. The number of Topliss-reactive ketones (excluding diaryl/α,β-unsaturated/α-hetero) is 2. The zero-order valence-electron chi connectivity index (χ0n) is 18.5. The molecule has 1 aromatic carbocycles. The third-order valence-corrected chi connectivity index (χ3v) is 6.15. The van der Waals surface area contributed by atoms with Gasteiger partial charge in [-0.1, -0.05) is 17.7 Å². The van der Waals surface area contributed by atoms with Crippen LogP contribution < -0.4 is 4.74 Å². The molecule has 1 saturated heterocycles. The summed E-state index contributed by atoms with van der Waals surface area (Å²) in [5.41, 5.74) is -2.27. The third kappa shape index (κ3) is 4.51. The van der Waals surface area contributed by atoms with Gasteiger partial charge in [0.25, 0.3) is 0 Å². The highest BCUT2D eigenvalue weighted by Gasteiger charge is 2.54. The summed E-state index contributed by atoms with van der Waals surface area (Å²) in [5, 5.41) is -0.178. The number of alkyl halides is 3. The Kier molecular flexibility index (Phi) is 5.61. The summed E-state index contributed by atoms with van der Waals surface area (Å²) in [6, 6.07) is 5.45. The number of halogens is 4. The van der Waals surface area contributed by atoms with Crippen LogP contribution in [0, 0.1) is 0 Å². The number of hydrogen-bond donors (Lipinski definition) is 0. The molecular formula is C24H23ClF3NO4. The number of carbonyl (C=O) groups is 2. The second-order valence-corrected chi connectivity index (χ2v) is 9.89. The van der Waals surface area contributed by atoms with E-state index >= 15 is 0 Å². The van der Waals surface area contributed by atoms with Crippen LogP contribution in [-0.2, 0) is 20.5 Å². The molecule has 1 saturated carbocycles. The quantitative estimate of drug-likeness (QED) is 0.484. The molecule has 2 aliphatic rings. The minimum atomic E-state index is -4.73. The van der Waals surface area contributed by atoms with E-state index in [1.165, 1.54) is 12.1 Å². The number of benzene rings is 1. The van der Waals surface area contributed by atoms with Crippen molar-refractivity contribution < 1.29 is 32.2 Å². The van der Waals surface area contributed by atoms with Crippen LogP contribution in [0.4, 0.5) is 13.2 Å². The summed E-state index contributed by atoms with van der Waals surface area (Å²) >= 11 is 5.70. The van der Waals surface area contributed by atoms with Crippen LogP contribution in [0.2, 0.25) is 5.02 Å². The molecule has 2 fully saturated rings. The lowest BCUT2D eigenvalue weighted by Crippen LogP contribution is -2.58. The van der Waals surface area contributed by atoms with Gasteiger partial charge in [-0.15, -0.1) is 0 Å². The standard InChI is InChI=1S/C24H23ClF3NO4/c1-22(2)19(30)18(20(31)23(3,4)33-22)16-10-14(7-8-15(16)12-5-6-12)32-21-17(24(26,27)28)9-13(25)11-29-21/h7-12,18H,5-6H2,1-4H3.